The number of fused-ring (bicyclic) bond motifs is 2. The highest BCUT2D eigenvalue weighted by molar-refractivity contribution is 7.29. The van der Waals surface area contributed by atoms with Gasteiger partial charge >= 0.3 is 0 Å². The summed E-state index contributed by atoms with van der Waals surface area (Å²) >= 11 is 9.45. The van der Waals surface area contributed by atoms with Crippen LogP contribution in [0.3, 0.4) is 0 Å². The van der Waals surface area contributed by atoms with Crippen molar-refractivity contribution in [3.05, 3.63) is 58.4 Å². The SMILES string of the molecule is CN(C)C(=O)C1CCN(c2nc3sc(CNc4ccc5oc(-c6ccc(Cl)cc6)nc5c4)cc3s2)CC1. The van der Waals surface area contributed by atoms with Crippen molar-refractivity contribution in [3.63, 3.8) is 0 Å². The van der Waals surface area contributed by atoms with E-state index in [0.717, 1.165) is 58.2 Å². The van der Waals surface area contributed by atoms with Crippen LogP contribution in [-0.2, 0) is 11.3 Å². The van der Waals surface area contributed by atoms with Crippen LogP contribution in [0.2, 0.25) is 5.02 Å². The number of oxazole rings is 1. The molecule has 1 aliphatic rings. The standard InChI is InChI=1S/C27H26ClN5O2S2/c1-32(2)26(34)17-9-11-33(12-10-17)27-31-25-23(37-27)14-20(36-25)15-29-19-7-8-22-21(13-19)30-24(35-22)16-3-5-18(28)6-4-16/h3-8,13-14,17,29H,9-12,15H2,1-2H3. The highest BCUT2D eigenvalue weighted by atomic mass is 35.5. The fourth-order valence-corrected chi connectivity index (χ4v) is 6.97. The van der Waals surface area contributed by atoms with Gasteiger partial charge in [-0.1, -0.05) is 22.9 Å². The molecule has 0 unspecified atom stereocenters. The molecule has 1 aliphatic heterocycles. The van der Waals surface area contributed by atoms with E-state index in [-0.39, 0.29) is 11.8 Å². The summed E-state index contributed by atoms with van der Waals surface area (Å²) in [5, 5.41) is 5.25. The van der Waals surface area contributed by atoms with Gasteiger partial charge in [0, 0.05) is 60.8 Å². The molecular weight excluding hydrogens is 526 g/mol. The zero-order valence-corrected chi connectivity index (χ0v) is 22.9. The van der Waals surface area contributed by atoms with Crippen molar-refractivity contribution < 1.29 is 9.21 Å². The molecule has 37 heavy (non-hydrogen) atoms. The third kappa shape index (κ3) is 5.03. The molecule has 190 valence electrons. The largest absolute Gasteiger partial charge is 0.436 e. The minimum Gasteiger partial charge on any atom is -0.436 e. The van der Waals surface area contributed by atoms with Crippen molar-refractivity contribution in [2.24, 2.45) is 5.92 Å². The number of amides is 1. The third-order valence-electron chi connectivity index (χ3n) is 6.63. The summed E-state index contributed by atoms with van der Waals surface area (Å²) in [6, 6.07) is 15.7. The predicted octanol–water partition coefficient (Wildman–Crippen LogP) is 6.74. The van der Waals surface area contributed by atoms with Crippen LogP contribution in [0.15, 0.2) is 52.9 Å². The molecule has 4 heterocycles. The maximum atomic E-state index is 12.3. The minimum absolute atomic E-state index is 0.130. The summed E-state index contributed by atoms with van der Waals surface area (Å²) in [4.78, 5) is 28.1. The molecule has 10 heteroatoms. The van der Waals surface area contributed by atoms with E-state index < -0.39 is 0 Å². The summed E-state index contributed by atoms with van der Waals surface area (Å²) in [5.74, 6) is 0.949. The number of nitrogens with zero attached hydrogens (tertiary/aromatic N) is 4. The molecular formula is C27H26ClN5O2S2. The van der Waals surface area contributed by atoms with Gasteiger partial charge in [0.15, 0.2) is 10.7 Å². The van der Waals surface area contributed by atoms with Gasteiger partial charge in [0.1, 0.15) is 10.3 Å². The van der Waals surface area contributed by atoms with E-state index in [4.69, 9.17) is 21.0 Å². The molecule has 0 atom stereocenters. The molecule has 0 bridgehead atoms. The number of hydrogen-bond donors (Lipinski definition) is 1. The van der Waals surface area contributed by atoms with Crippen molar-refractivity contribution in [3.8, 4) is 11.5 Å². The Morgan fingerprint density at radius 1 is 1.11 bits per heavy atom. The number of nitrogens with one attached hydrogen (secondary N) is 1. The smallest absolute Gasteiger partial charge is 0.227 e. The van der Waals surface area contributed by atoms with Crippen molar-refractivity contribution in [2.75, 3.05) is 37.4 Å². The van der Waals surface area contributed by atoms with Crippen LogP contribution in [0, 0.1) is 5.92 Å². The van der Waals surface area contributed by atoms with E-state index in [2.05, 4.69) is 21.3 Å². The second-order valence-corrected chi connectivity index (χ2v) is 12.0. The van der Waals surface area contributed by atoms with Gasteiger partial charge in [-0.25, -0.2) is 9.97 Å². The Labute approximate surface area is 227 Å². The zero-order chi connectivity index (χ0) is 25.5. The second kappa shape index (κ2) is 9.96. The van der Waals surface area contributed by atoms with E-state index in [1.807, 2.05) is 56.6 Å². The first-order valence-corrected chi connectivity index (χ1v) is 14.2. The Hall–Kier alpha value is -3.14. The number of aromatic nitrogens is 2. The molecule has 0 aliphatic carbocycles. The van der Waals surface area contributed by atoms with Gasteiger partial charge in [0.25, 0.3) is 0 Å². The highest BCUT2D eigenvalue weighted by Gasteiger charge is 2.27. The molecule has 7 nitrogen and oxygen atoms in total. The number of anilines is 2. The van der Waals surface area contributed by atoms with Gasteiger partial charge < -0.3 is 19.5 Å². The van der Waals surface area contributed by atoms with Crippen molar-refractivity contribution in [1.82, 2.24) is 14.9 Å². The Morgan fingerprint density at radius 2 is 1.89 bits per heavy atom. The normalized spacial score (nSPS) is 14.5. The molecule has 1 amide bonds. The van der Waals surface area contributed by atoms with Crippen molar-refractivity contribution in [2.45, 2.75) is 19.4 Å². The van der Waals surface area contributed by atoms with Gasteiger partial charge in [-0.2, -0.15) is 0 Å². The lowest BCUT2D eigenvalue weighted by atomic mass is 9.96. The lowest BCUT2D eigenvalue weighted by Gasteiger charge is -2.32. The average molecular weight is 552 g/mol. The van der Waals surface area contributed by atoms with Crippen LogP contribution < -0.4 is 10.2 Å². The van der Waals surface area contributed by atoms with Crippen molar-refractivity contribution >= 4 is 71.6 Å². The molecule has 0 spiro atoms. The second-order valence-electron chi connectivity index (χ2n) is 9.43. The Morgan fingerprint density at radius 3 is 2.62 bits per heavy atom. The molecule has 0 radical (unpaired) electrons. The van der Waals surface area contributed by atoms with Gasteiger partial charge in [-0.05, 0) is 61.4 Å². The fraction of sp³-hybridized carbons (Fsp3) is 0.296. The summed E-state index contributed by atoms with van der Waals surface area (Å²) in [6.45, 7) is 2.47. The highest BCUT2D eigenvalue weighted by Crippen LogP contribution is 2.36. The van der Waals surface area contributed by atoms with Crippen LogP contribution in [0.4, 0.5) is 10.8 Å². The molecule has 1 saturated heterocycles. The first-order valence-electron chi connectivity index (χ1n) is 12.2. The monoisotopic (exact) mass is 551 g/mol. The number of halogens is 1. The van der Waals surface area contributed by atoms with E-state index in [1.165, 1.54) is 9.58 Å². The lowest BCUT2D eigenvalue weighted by molar-refractivity contribution is -0.133. The van der Waals surface area contributed by atoms with E-state index >= 15 is 0 Å². The minimum atomic E-state index is 0.130. The molecule has 6 rings (SSSR count). The quantitative estimate of drug-likeness (QED) is 0.252. The van der Waals surface area contributed by atoms with Crippen LogP contribution in [0.5, 0.6) is 0 Å². The summed E-state index contributed by atoms with van der Waals surface area (Å²) in [7, 11) is 3.67. The number of thiazole rings is 1. The molecule has 1 N–H and O–H groups in total. The fourth-order valence-electron chi connectivity index (χ4n) is 4.62. The molecule has 0 saturated carbocycles. The van der Waals surface area contributed by atoms with E-state index in [0.29, 0.717) is 17.5 Å². The van der Waals surface area contributed by atoms with Crippen LogP contribution >= 0.6 is 34.3 Å². The van der Waals surface area contributed by atoms with E-state index in [9.17, 15) is 4.79 Å². The average Bonchev–Trinajstić information content (AvgIpc) is 3.60. The number of hydrogen-bond acceptors (Lipinski definition) is 8. The number of thiophene rings is 1. The summed E-state index contributed by atoms with van der Waals surface area (Å²) in [5.41, 5.74) is 3.44. The first-order chi connectivity index (χ1) is 17.9. The van der Waals surface area contributed by atoms with E-state index in [1.54, 1.807) is 27.6 Å². The Kier molecular flexibility index (Phi) is 6.52. The topological polar surface area (TPSA) is 74.5 Å². The van der Waals surface area contributed by atoms with Crippen LogP contribution in [-0.4, -0.2) is 48.0 Å². The first kappa shape index (κ1) is 24.2. The molecule has 2 aromatic carbocycles. The number of piperidine rings is 1. The number of carbonyl (C=O) groups is 1. The van der Waals surface area contributed by atoms with Gasteiger partial charge in [0.2, 0.25) is 11.8 Å². The van der Waals surface area contributed by atoms with Crippen LogP contribution in [0.25, 0.3) is 32.1 Å². The summed E-state index contributed by atoms with van der Waals surface area (Å²) in [6.07, 6.45) is 1.77. The lowest BCUT2D eigenvalue weighted by Crippen LogP contribution is -2.40. The van der Waals surface area contributed by atoms with Crippen LogP contribution in [0.1, 0.15) is 17.7 Å². The summed E-state index contributed by atoms with van der Waals surface area (Å²) < 4.78 is 7.13. The van der Waals surface area contributed by atoms with Gasteiger partial charge in [0.05, 0.1) is 4.70 Å². The Bertz CT molecular complexity index is 1530. The predicted molar refractivity (Wildman–Crippen MR) is 153 cm³/mol. The molecule has 1 fully saturated rings. The van der Waals surface area contributed by atoms with Gasteiger partial charge in [-0.3, -0.25) is 4.79 Å². The van der Waals surface area contributed by atoms with Gasteiger partial charge in [-0.15, -0.1) is 11.3 Å². The van der Waals surface area contributed by atoms with Crippen molar-refractivity contribution in [1.29, 1.82) is 0 Å². The number of carbonyl (C=O) groups excluding carboxylic acids is 1. The number of rotatable bonds is 6. The number of benzene rings is 2. The maximum Gasteiger partial charge on any atom is 0.227 e. The maximum absolute atomic E-state index is 12.3. The zero-order valence-electron chi connectivity index (χ0n) is 20.5. The molecule has 3 aromatic heterocycles. The molecule has 5 aromatic rings. The Balaban J connectivity index is 1.09. The third-order valence-corrected chi connectivity index (χ3v) is 9.10.